The summed E-state index contributed by atoms with van der Waals surface area (Å²) in [5.41, 5.74) is 5.21. The molecule has 0 N–H and O–H groups in total. The fraction of sp³-hybridized carbons (Fsp3) is 0.478. The van der Waals surface area contributed by atoms with Crippen molar-refractivity contribution in [2.24, 2.45) is 7.05 Å². The van der Waals surface area contributed by atoms with E-state index in [1.807, 2.05) is 30.2 Å². The van der Waals surface area contributed by atoms with Crippen molar-refractivity contribution in [1.29, 1.82) is 0 Å². The van der Waals surface area contributed by atoms with Gasteiger partial charge in [0.2, 0.25) is 0 Å². The normalized spacial score (nSPS) is 15.3. The van der Waals surface area contributed by atoms with E-state index in [-0.39, 0.29) is 5.78 Å². The van der Waals surface area contributed by atoms with Crippen LogP contribution in [0.5, 0.6) is 0 Å². The van der Waals surface area contributed by atoms with Crippen molar-refractivity contribution < 1.29 is 4.79 Å². The molecule has 0 unspecified atom stereocenters. The zero-order valence-corrected chi connectivity index (χ0v) is 17.4. The molecule has 0 bridgehead atoms. The van der Waals surface area contributed by atoms with Gasteiger partial charge in [0, 0.05) is 59.8 Å². The molecule has 1 aliphatic carbocycles. The lowest BCUT2D eigenvalue weighted by atomic mass is 9.93. The predicted molar refractivity (Wildman–Crippen MR) is 114 cm³/mol. The SMILES string of the molecule is CCN(c1c(C)c(C(C)=O)cc2cc(-c3cnn(C)c3)cn12)C1CCCCC1. The van der Waals surface area contributed by atoms with Crippen LogP contribution in [0.15, 0.2) is 30.7 Å². The Morgan fingerprint density at radius 3 is 2.54 bits per heavy atom. The van der Waals surface area contributed by atoms with Crippen molar-refractivity contribution in [2.75, 3.05) is 11.4 Å². The largest absolute Gasteiger partial charge is 0.355 e. The molecule has 0 spiro atoms. The number of hydrogen-bond donors (Lipinski definition) is 0. The lowest BCUT2D eigenvalue weighted by molar-refractivity contribution is 0.101. The van der Waals surface area contributed by atoms with Crippen molar-refractivity contribution in [3.8, 4) is 11.1 Å². The molecule has 3 aromatic rings. The maximum atomic E-state index is 12.4. The number of pyridine rings is 1. The first-order chi connectivity index (χ1) is 13.5. The Kier molecular flexibility index (Phi) is 5.00. The van der Waals surface area contributed by atoms with Crippen LogP contribution in [0.3, 0.4) is 0 Å². The molecule has 0 aromatic carbocycles. The molecule has 1 saturated carbocycles. The molecule has 1 aliphatic rings. The van der Waals surface area contributed by atoms with E-state index in [2.05, 4.69) is 40.5 Å². The van der Waals surface area contributed by atoms with E-state index >= 15 is 0 Å². The second-order valence-corrected chi connectivity index (χ2v) is 8.07. The van der Waals surface area contributed by atoms with Crippen molar-refractivity contribution in [2.45, 2.75) is 58.9 Å². The smallest absolute Gasteiger partial charge is 0.160 e. The van der Waals surface area contributed by atoms with E-state index in [9.17, 15) is 4.79 Å². The second-order valence-electron chi connectivity index (χ2n) is 8.07. The minimum Gasteiger partial charge on any atom is -0.355 e. The number of Topliss-reactive ketones (excluding diaryl/α,β-unsaturated/α-hetero) is 1. The second kappa shape index (κ2) is 7.46. The highest BCUT2D eigenvalue weighted by molar-refractivity contribution is 5.98. The summed E-state index contributed by atoms with van der Waals surface area (Å²) in [5.74, 6) is 1.30. The molecule has 0 atom stereocenters. The van der Waals surface area contributed by atoms with E-state index in [4.69, 9.17) is 0 Å². The van der Waals surface area contributed by atoms with E-state index < -0.39 is 0 Å². The average Bonchev–Trinajstić information content (AvgIpc) is 3.30. The van der Waals surface area contributed by atoms with Gasteiger partial charge in [0.25, 0.3) is 0 Å². The number of carbonyl (C=O) groups is 1. The summed E-state index contributed by atoms with van der Waals surface area (Å²) < 4.78 is 4.10. The Labute approximate surface area is 167 Å². The van der Waals surface area contributed by atoms with Crippen LogP contribution in [-0.2, 0) is 7.05 Å². The van der Waals surface area contributed by atoms with Gasteiger partial charge in [-0.05, 0) is 45.7 Å². The van der Waals surface area contributed by atoms with Crippen LogP contribution in [0.2, 0.25) is 0 Å². The average molecular weight is 379 g/mol. The summed E-state index contributed by atoms with van der Waals surface area (Å²) in [4.78, 5) is 14.9. The molecule has 148 valence electrons. The number of rotatable bonds is 5. The van der Waals surface area contributed by atoms with Crippen LogP contribution in [0, 0.1) is 6.92 Å². The zero-order chi connectivity index (χ0) is 19.8. The topological polar surface area (TPSA) is 42.5 Å². The molecule has 4 rings (SSSR count). The zero-order valence-electron chi connectivity index (χ0n) is 17.4. The van der Waals surface area contributed by atoms with Crippen LogP contribution in [-0.4, -0.2) is 32.6 Å². The van der Waals surface area contributed by atoms with Gasteiger partial charge >= 0.3 is 0 Å². The molecule has 0 amide bonds. The molecule has 28 heavy (non-hydrogen) atoms. The quantitative estimate of drug-likeness (QED) is 0.586. The van der Waals surface area contributed by atoms with E-state index in [1.165, 1.54) is 37.9 Å². The summed E-state index contributed by atoms with van der Waals surface area (Å²) in [6.45, 7) is 6.94. The van der Waals surface area contributed by atoms with Gasteiger partial charge in [-0.2, -0.15) is 5.10 Å². The fourth-order valence-electron chi connectivity index (χ4n) is 4.75. The van der Waals surface area contributed by atoms with Crippen LogP contribution in [0.4, 0.5) is 5.82 Å². The first kappa shape index (κ1) is 18.8. The van der Waals surface area contributed by atoms with Crippen LogP contribution in [0.25, 0.3) is 16.6 Å². The monoisotopic (exact) mass is 378 g/mol. The number of ketones is 1. The summed E-state index contributed by atoms with van der Waals surface area (Å²) in [6.07, 6.45) is 12.5. The van der Waals surface area contributed by atoms with E-state index in [1.54, 1.807) is 6.92 Å². The van der Waals surface area contributed by atoms with E-state index in [0.29, 0.717) is 6.04 Å². The molecule has 0 aliphatic heterocycles. The Morgan fingerprint density at radius 2 is 1.93 bits per heavy atom. The highest BCUT2D eigenvalue weighted by Crippen LogP contribution is 2.34. The first-order valence-corrected chi connectivity index (χ1v) is 10.4. The number of carbonyl (C=O) groups excluding carboxylic acids is 1. The minimum absolute atomic E-state index is 0.130. The first-order valence-electron chi connectivity index (χ1n) is 10.4. The third-order valence-electron chi connectivity index (χ3n) is 6.16. The minimum atomic E-state index is 0.130. The number of aromatic nitrogens is 3. The van der Waals surface area contributed by atoms with Crippen LogP contribution in [0.1, 0.15) is 61.9 Å². The van der Waals surface area contributed by atoms with Crippen molar-refractivity contribution in [1.82, 2.24) is 14.2 Å². The molecule has 5 nitrogen and oxygen atoms in total. The molecule has 3 aromatic heterocycles. The molecule has 5 heteroatoms. The summed E-state index contributed by atoms with van der Waals surface area (Å²) in [7, 11) is 1.94. The Balaban J connectivity index is 1.92. The van der Waals surface area contributed by atoms with Gasteiger partial charge in [-0.1, -0.05) is 19.3 Å². The molecule has 0 radical (unpaired) electrons. The third kappa shape index (κ3) is 3.23. The predicted octanol–water partition coefficient (Wildman–Crippen LogP) is 5.01. The number of hydrogen-bond acceptors (Lipinski definition) is 3. The molecular formula is C23H30N4O. The standard InChI is InChI=1S/C23H30N4O/c1-5-26(20-9-7-6-8-10-20)23-16(2)22(17(3)28)12-21-11-18(15-27(21)23)19-13-24-25(4)14-19/h11-15,20H,5-10H2,1-4H3. The number of nitrogens with zero attached hydrogens (tertiary/aromatic N) is 4. The highest BCUT2D eigenvalue weighted by Gasteiger charge is 2.25. The maximum Gasteiger partial charge on any atom is 0.160 e. The molecule has 0 saturated heterocycles. The Bertz CT molecular complexity index is 1010. The van der Waals surface area contributed by atoms with Gasteiger partial charge in [-0.3, -0.25) is 9.48 Å². The van der Waals surface area contributed by atoms with Crippen molar-refractivity contribution >= 4 is 17.1 Å². The van der Waals surface area contributed by atoms with Gasteiger partial charge in [-0.15, -0.1) is 0 Å². The van der Waals surface area contributed by atoms with E-state index in [0.717, 1.165) is 34.3 Å². The molecule has 1 fully saturated rings. The molecule has 3 heterocycles. The lowest BCUT2D eigenvalue weighted by Gasteiger charge is -2.37. The third-order valence-corrected chi connectivity index (χ3v) is 6.16. The van der Waals surface area contributed by atoms with Gasteiger partial charge in [0.1, 0.15) is 5.82 Å². The highest BCUT2D eigenvalue weighted by atomic mass is 16.1. The van der Waals surface area contributed by atoms with Gasteiger partial charge < -0.3 is 9.30 Å². The summed E-state index contributed by atoms with van der Waals surface area (Å²) in [6, 6.07) is 4.75. The maximum absolute atomic E-state index is 12.4. The summed E-state index contributed by atoms with van der Waals surface area (Å²) >= 11 is 0. The van der Waals surface area contributed by atoms with Crippen molar-refractivity contribution in [3.05, 3.63) is 41.9 Å². The molecular weight excluding hydrogens is 348 g/mol. The van der Waals surface area contributed by atoms with Crippen molar-refractivity contribution in [3.63, 3.8) is 0 Å². The van der Waals surface area contributed by atoms with Crippen LogP contribution < -0.4 is 4.90 Å². The number of anilines is 1. The van der Waals surface area contributed by atoms with Crippen LogP contribution >= 0.6 is 0 Å². The van der Waals surface area contributed by atoms with Gasteiger partial charge in [-0.25, -0.2) is 0 Å². The number of aryl methyl sites for hydroxylation is 1. The van der Waals surface area contributed by atoms with Gasteiger partial charge in [0.15, 0.2) is 5.78 Å². The Hall–Kier alpha value is -2.56. The Morgan fingerprint density at radius 1 is 1.18 bits per heavy atom. The summed E-state index contributed by atoms with van der Waals surface area (Å²) in [5, 5.41) is 4.32. The van der Waals surface area contributed by atoms with Gasteiger partial charge in [0.05, 0.1) is 6.20 Å². The fourth-order valence-corrected chi connectivity index (χ4v) is 4.75. The number of fused-ring (bicyclic) bond motifs is 1. The lowest BCUT2D eigenvalue weighted by Crippen LogP contribution is -2.38.